The average molecular weight is 443 g/mol. The van der Waals surface area contributed by atoms with Gasteiger partial charge in [0, 0.05) is 29.8 Å². The summed E-state index contributed by atoms with van der Waals surface area (Å²) in [6.45, 7) is 13.3. The number of hydrogen-bond acceptors (Lipinski definition) is 3. The minimum Gasteiger partial charge on any atom is -0.480 e. The van der Waals surface area contributed by atoms with Gasteiger partial charge in [0.05, 0.1) is 0 Å². The van der Waals surface area contributed by atoms with Gasteiger partial charge in [-0.15, -0.1) is 0 Å². The van der Waals surface area contributed by atoms with Gasteiger partial charge >= 0.3 is 5.97 Å². The SMILES string of the molecule is C=C/C=c1/[nH]c(CC(NC(=O)CCCC(CC)C(C/C=C/CC)C(C)=O)C(=O)O)cc1=C. The summed E-state index contributed by atoms with van der Waals surface area (Å²) in [4.78, 5) is 39.3. The Morgan fingerprint density at radius 2 is 1.97 bits per heavy atom. The highest BCUT2D eigenvalue weighted by Crippen LogP contribution is 2.26. The Morgan fingerprint density at radius 1 is 1.25 bits per heavy atom. The average Bonchev–Trinajstić information content (AvgIpc) is 3.07. The summed E-state index contributed by atoms with van der Waals surface area (Å²) in [5, 5.41) is 13.7. The zero-order valence-electron chi connectivity index (χ0n) is 19.7. The van der Waals surface area contributed by atoms with Crippen LogP contribution in [0.1, 0.15) is 65.0 Å². The second kappa shape index (κ2) is 14.2. The minimum absolute atomic E-state index is 0.0380. The van der Waals surface area contributed by atoms with Gasteiger partial charge < -0.3 is 15.4 Å². The Labute approximate surface area is 191 Å². The highest BCUT2D eigenvalue weighted by molar-refractivity contribution is 5.83. The molecule has 0 fully saturated rings. The topological polar surface area (TPSA) is 99.3 Å². The predicted octanol–water partition coefficient (Wildman–Crippen LogP) is 3.26. The third-order valence-corrected chi connectivity index (χ3v) is 5.72. The van der Waals surface area contributed by atoms with E-state index in [4.69, 9.17) is 0 Å². The van der Waals surface area contributed by atoms with Crippen molar-refractivity contribution in [1.29, 1.82) is 0 Å². The zero-order valence-corrected chi connectivity index (χ0v) is 19.7. The Bertz CT molecular complexity index is 913. The summed E-state index contributed by atoms with van der Waals surface area (Å²) in [6, 6.07) is 0.751. The lowest BCUT2D eigenvalue weighted by atomic mass is 9.81. The first kappa shape index (κ1) is 27.1. The van der Waals surface area contributed by atoms with Crippen LogP contribution in [0.2, 0.25) is 0 Å². The number of aromatic amines is 1. The second-order valence-electron chi connectivity index (χ2n) is 8.19. The van der Waals surface area contributed by atoms with E-state index in [0.717, 1.165) is 36.3 Å². The predicted molar refractivity (Wildman–Crippen MR) is 129 cm³/mol. The van der Waals surface area contributed by atoms with Gasteiger partial charge in [0.25, 0.3) is 0 Å². The van der Waals surface area contributed by atoms with Crippen molar-refractivity contribution in [2.45, 2.75) is 71.8 Å². The molecule has 0 saturated heterocycles. The van der Waals surface area contributed by atoms with Crippen LogP contribution < -0.4 is 15.9 Å². The molecule has 3 N–H and O–H groups in total. The van der Waals surface area contributed by atoms with Gasteiger partial charge in [0.15, 0.2) is 0 Å². The lowest BCUT2D eigenvalue weighted by Crippen LogP contribution is -2.42. The number of carbonyl (C=O) groups is 3. The van der Waals surface area contributed by atoms with Crippen molar-refractivity contribution in [2.75, 3.05) is 0 Å². The molecule has 0 aliphatic heterocycles. The molecule has 0 aliphatic rings. The molecule has 3 unspecified atom stereocenters. The van der Waals surface area contributed by atoms with Gasteiger partial charge in [-0.2, -0.15) is 0 Å². The third-order valence-electron chi connectivity index (χ3n) is 5.72. The minimum atomic E-state index is -1.08. The van der Waals surface area contributed by atoms with Crippen LogP contribution in [0.25, 0.3) is 12.7 Å². The number of rotatable bonds is 15. The standard InChI is InChI=1S/C26H38N2O4/c1-6-9-10-14-22(19(5)29)20(8-3)13-11-15-25(30)28-24(26(31)32)17-21-16-18(4)23(27-21)12-7-2/h7,9-10,12,16,20,22,24,27H,2,4,6,8,11,13-15,17H2,1,3,5H3,(H,28,30)(H,31,32)/b10-9+,23-12+. The Hall–Kier alpha value is -2.89. The van der Waals surface area contributed by atoms with E-state index in [-0.39, 0.29) is 36.4 Å². The van der Waals surface area contributed by atoms with Crippen molar-refractivity contribution >= 4 is 30.3 Å². The van der Waals surface area contributed by atoms with Crippen LogP contribution in [0.4, 0.5) is 0 Å². The largest absolute Gasteiger partial charge is 0.480 e. The molecule has 1 rings (SSSR count). The Balaban J connectivity index is 2.66. The number of Topliss-reactive ketones (excluding diaryl/α,β-unsaturated/α-hetero) is 1. The van der Waals surface area contributed by atoms with Crippen molar-refractivity contribution in [2.24, 2.45) is 11.8 Å². The molecular formula is C26H38N2O4. The van der Waals surface area contributed by atoms with E-state index in [9.17, 15) is 19.5 Å². The number of aliphatic carboxylic acids is 1. The quantitative estimate of drug-likeness (QED) is 0.363. The van der Waals surface area contributed by atoms with Crippen molar-refractivity contribution in [3.8, 4) is 0 Å². The maximum absolute atomic E-state index is 12.4. The maximum atomic E-state index is 12.4. The lowest BCUT2D eigenvalue weighted by Gasteiger charge is -2.23. The van der Waals surface area contributed by atoms with Gasteiger partial charge in [-0.3, -0.25) is 9.59 Å². The summed E-state index contributed by atoms with van der Waals surface area (Å²) < 4.78 is 0. The summed E-state index contributed by atoms with van der Waals surface area (Å²) in [5.41, 5.74) is 0.686. The normalized spacial score (nSPS) is 14.8. The number of ketones is 1. The number of aromatic nitrogens is 1. The van der Waals surface area contributed by atoms with E-state index in [1.165, 1.54) is 0 Å². The third kappa shape index (κ3) is 9.08. The van der Waals surface area contributed by atoms with Crippen LogP contribution in [0, 0.1) is 11.8 Å². The van der Waals surface area contributed by atoms with Crippen LogP contribution >= 0.6 is 0 Å². The molecule has 0 spiro atoms. The van der Waals surface area contributed by atoms with Crippen LogP contribution in [-0.2, 0) is 20.8 Å². The molecule has 1 aromatic rings. The molecule has 32 heavy (non-hydrogen) atoms. The second-order valence-corrected chi connectivity index (χ2v) is 8.19. The first-order chi connectivity index (χ1) is 15.2. The van der Waals surface area contributed by atoms with Crippen LogP contribution in [0.3, 0.4) is 0 Å². The van der Waals surface area contributed by atoms with Crippen molar-refractivity contribution in [3.63, 3.8) is 0 Å². The van der Waals surface area contributed by atoms with E-state index in [1.807, 2.05) is 0 Å². The Morgan fingerprint density at radius 3 is 2.53 bits per heavy atom. The number of allylic oxidation sites excluding steroid dienone is 3. The highest BCUT2D eigenvalue weighted by atomic mass is 16.4. The number of hydrogen-bond donors (Lipinski definition) is 3. The van der Waals surface area contributed by atoms with E-state index >= 15 is 0 Å². The molecule has 1 heterocycles. The molecule has 6 heteroatoms. The van der Waals surface area contributed by atoms with E-state index in [0.29, 0.717) is 12.1 Å². The monoisotopic (exact) mass is 442 g/mol. The number of amides is 1. The number of nitrogens with one attached hydrogen (secondary N) is 2. The van der Waals surface area contributed by atoms with Crippen LogP contribution in [-0.4, -0.2) is 33.8 Å². The number of carboxylic acids is 1. The number of carboxylic acid groups (broad SMARTS) is 1. The molecule has 3 atom stereocenters. The molecule has 1 amide bonds. The first-order valence-electron chi connectivity index (χ1n) is 11.4. The van der Waals surface area contributed by atoms with Gasteiger partial charge in [-0.1, -0.05) is 51.7 Å². The van der Waals surface area contributed by atoms with Gasteiger partial charge in [0.2, 0.25) is 5.91 Å². The molecule has 6 nitrogen and oxygen atoms in total. The zero-order chi connectivity index (χ0) is 24.1. The Kier molecular flexibility index (Phi) is 12.1. The molecular weight excluding hydrogens is 404 g/mol. The van der Waals surface area contributed by atoms with Gasteiger partial charge in [0.1, 0.15) is 11.8 Å². The molecule has 1 aromatic heterocycles. The molecule has 176 valence electrons. The first-order valence-corrected chi connectivity index (χ1v) is 11.4. The lowest BCUT2D eigenvalue weighted by molar-refractivity contribution is -0.141. The fraction of sp³-hybridized carbons (Fsp3) is 0.500. The molecule has 0 bridgehead atoms. The fourth-order valence-electron chi connectivity index (χ4n) is 3.95. The van der Waals surface area contributed by atoms with E-state index in [1.54, 1.807) is 25.1 Å². The summed E-state index contributed by atoms with van der Waals surface area (Å²) in [6.07, 6.45) is 11.8. The summed E-state index contributed by atoms with van der Waals surface area (Å²) >= 11 is 0. The molecule has 0 aromatic carbocycles. The number of H-pyrrole nitrogens is 1. The maximum Gasteiger partial charge on any atom is 0.326 e. The van der Waals surface area contributed by atoms with Gasteiger partial charge in [-0.05, 0) is 55.9 Å². The highest BCUT2D eigenvalue weighted by Gasteiger charge is 2.24. The van der Waals surface area contributed by atoms with Gasteiger partial charge in [-0.25, -0.2) is 4.79 Å². The summed E-state index contributed by atoms with van der Waals surface area (Å²) in [5.74, 6) is -1.03. The smallest absolute Gasteiger partial charge is 0.326 e. The molecule has 0 radical (unpaired) electrons. The van der Waals surface area contributed by atoms with Crippen molar-refractivity contribution in [3.05, 3.63) is 47.1 Å². The molecule has 0 saturated carbocycles. The fourth-order valence-corrected chi connectivity index (χ4v) is 3.95. The van der Waals surface area contributed by atoms with E-state index in [2.05, 4.69) is 49.5 Å². The van der Waals surface area contributed by atoms with Crippen molar-refractivity contribution < 1.29 is 19.5 Å². The van der Waals surface area contributed by atoms with E-state index < -0.39 is 12.0 Å². The summed E-state index contributed by atoms with van der Waals surface area (Å²) in [7, 11) is 0. The van der Waals surface area contributed by atoms with Crippen molar-refractivity contribution in [1.82, 2.24) is 10.3 Å². The molecule has 0 aliphatic carbocycles. The van der Waals surface area contributed by atoms with Crippen LogP contribution in [0.5, 0.6) is 0 Å². The number of carbonyl (C=O) groups excluding carboxylic acids is 2. The van der Waals surface area contributed by atoms with Crippen LogP contribution in [0.15, 0.2) is 30.9 Å².